The summed E-state index contributed by atoms with van der Waals surface area (Å²) in [5.74, 6) is -1.83. The number of ether oxygens (including phenoxy) is 3. The van der Waals surface area contributed by atoms with E-state index in [0.29, 0.717) is 16.8 Å². The number of aryl methyl sites for hydroxylation is 1. The lowest BCUT2D eigenvalue weighted by atomic mass is 9.84. The van der Waals surface area contributed by atoms with Gasteiger partial charge in [0.1, 0.15) is 0 Å². The van der Waals surface area contributed by atoms with Gasteiger partial charge >= 0.3 is 17.9 Å². The topological polar surface area (TPSA) is 91.8 Å². The number of carbonyl (C=O) groups is 3. The second-order valence-corrected chi connectivity index (χ2v) is 8.31. The van der Waals surface area contributed by atoms with E-state index in [9.17, 15) is 14.4 Å². The summed E-state index contributed by atoms with van der Waals surface area (Å²) >= 11 is 3.56. The van der Waals surface area contributed by atoms with Crippen molar-refractivity contribution >= 4 is 33.8 Å². The fourth-order valence-electron chi connectivity index (χ4n) is 4.11. The molecule has 1 aliphatic carbocycles. The Kier molecular flexibility index (Phi) is 7.33. The summed E-state index contributed by atoms with van der Waals surface area (Å²) in [4.78, 5) is 43.5. The molecule has 0 amide bonds. The van der Waals surface area contributed by atoms with Crippen LogP contribution in [0.4, 0.5) is 0 Å². The van der Waals surface area contributed by atoms with Crippen molar-refractivity contribution in [3.63, 3.8) is 0 Å². The van der Waals surface area contributed by atoms with Gasteiger partial charge in [-0.25, -0.2) is 9.78 Å². The third-order valence-electron chi connectivity index (χ3n) is 5.52. The molecule has 0 bridgehead atoms. The van der Waals surface area contributed by atoms with Gasteiger partial charge in [-0.15, -0.1) is 0 Å². The second kappa shape index (κ2) is 9.81. The van der Waals surface area contributed by atoms with E-state index >= 15 is 0 Å². The van der Waals surface area contributed by atoms with Crippen LogP contribution in [-0.2, 0) is 36.6 Å². The van der Waals surface area contributed by atoms with Crippen molar-refractivity contribution in [1.29, 1.82) is 0 Å². The molecule has 0 atom stereocenters. The quantitative estimate of drug-likeness (QED) is 0.317. The molecule has 170 valence electrons. The molecule has 0 aliphatic heterocycles. The lowest BCUT2D eigenvalue weighted by molar-refractivity contribution is -0.171. The van der Waals surface area contributed by atoms with E-state index in [1.165, 1.54) is 0 Å². The zero-order chi connectivity index (χ0) is 23.5. The number of benzene rings is 1. The summed E-state index contributed by atoms with van der Waals surface area (Å²) in [6.07, 6.45) is 0.145. The summed E-state index contributed by atoms with van der Waals surface area (Å²) in [5, 5.41) is 0. The number of hydrogen-bond donors (Lipinski definition) is 0. The van der Waals surface area contributed by atoms with Crippen molar-refractivity contribution in [2.75, 3.05) is 19.8 Å². The molecule has 1 heterocycles. The highest BCUT2D eigenvalue weighted by molar-refractivity contribution is 9.10. The van der Waals surface area contributed by atoms with Crippen molar-refractivity contribution in [3.05, 3.63) is 51.3 Å². The number of carbonyl (C=O) groups excluding carboxylic acids is 3. The SMILES string of the molecule is CCOC(=O)c1nc(C)c2c(c1-c1ccccc1Br)CC(C(=O)OCC)(C(=O)OCC)C2. The van der Waals surface area contributed by atoms with E-state index in [0.717, 1.165) is 15.6 Å². The number of halogens is 1. The first-order valence-corrected chi connectivity index (χ1v) is 11.4. The van der Waals surface area contributed by atoms with E-state index < -0.39 is 23.3 Å². The van der Waals surface area contributed by atoms with Crippen molar-refractivity contribution in [1.82, 2.24) is 4.98 Å². The average molecular weight is 504 g/mol. The maximum atomic E-state index is 13.1. The summed E-state index contributed by atoms with van der Waals surface area (Å²) < 4.78 is 16.6. The Morgan fingerprint density at radius 2 is 1.50 bits per heavy atom. The lowest BCUT2D eigenvalue weighted by Gasteiger charge is -2.24. The van der Waals surface area contributed by atoms with Crippen molar-refractivity contribution < 1.29 is 28.6 Å². The Balaban J connectivity index is 2.29. The first-order valence-electron chi connectivity index (χ1n) is 10.6. The third kappa shape index (κ3) is 4.16. The summed E-state index contributed by atoms with van der Waals surface area (Å²) in [6, 6.07) is 7.42. The minimum Gasteiger partial charge on any atom is -0.465 e. The molecule has 0 radical (unpaired) electrons. The van der Waals surface area contributed by atoms with Gasteiger partial charge in [-0.3, -0.25) is 9.59 Å². The Bertz CT molecular complexity index is 1050. The monoisotopic (exact) mass is 503 g/mol. The molecule has 8 heteroatoms. The van der Waals surface area contributed by atoms with Gasteiger partial charge in [0.2, 0.25) is 0 Å². The normalized spacial score (nSPS) is 13.9. The van der Waals surface area contributed by atoms with Crippen LogP contribution in [0.25, 0.3) is 11.1 Å². The van der Waals surface area contributed by atoms with Crippen LogP contribution >= 0.6 is 15.9 Å². The summed E-state index contributed by atoms with van der Waals surface area (Å²) in [6.45, 7) is 7.34. The van der Waals surface area contributed by atoms with Crippen LogP contribution in [0.15, 0.2) is 28.7 Å². The van der Waals surface area contributed by atoms with Crippen LogP contribution in [0.3, 0.4) is 0 Å². The molecular formula is C24H26BrNO6. The summed E-state index contributed by atoms with van der Waals surface area (Å²) in [7, 11) is 0. The van der Waals surface area contributed by atoms with Crippen LogP contribution in [0.5, 0.6) is 0 Å². The van der Waals surface area contributed by atoms with Gasteiger partial charge in [-0.05, 0) is 50.5 Å². The predicted molar refractivity (Wildman–Crippen MR) is 121 cm³/mol. The highest BCUT2D eigenvalue weighted by atomic mass is 79.9. The number of nitrogens with zero attached hydrogens (tertiary/aromatic N) is 1. The minimum absolute atomic E-state index is 0.0480. The van der Waals surface area contributed by atoms with Crippen LogP contribution in [0, 0.1) is 12.3 Å². The molecule has 0 fully saturated rings. The largest absolute Gasteiger partial charge is 0.465 e. The first kappa shape index (κ1) is 23.9. The Morgan fingerprint density at radius 3 is 2.06 bits per heavy atom. The molecule has 1 aromatic heterocycles. The molecule has 1 aliphatic rings. The van der Waals surface area contributed by atoms with Crippen molar-refractivity contribution in [3.8, 4) is 11.1 Å². The van der Waals surface area contributed by atoms with E-state index in [1.807, 2.05) is 24.3 Å². The van der Waals surface area contributed by atoms with Gasteiger partial charge in [0.05, 0.1) is 19.8 Å². The smallest absolute Gasteiger partial charge is 0.357 e. The standard InChI is InChI=1S/C24H26BrNO6/c1-5-30-21(27)20-19(15-10-8-9-11-18(15)25)17-13-24(22(28)31-6-2,23(29)32-7-3)12-16(17)14(4)26-20/h8-11H,5-7,12-13H2,1-4H3. The van der Waals surface area contributed by atoms with Gasteiger partial charge in [0, 0.05) is 28.6 Å². The molecule has 7 nitrogen and oxygen atoms in total. The highest BCUT2D eigenvalue weighted by Crippen LogP contribution is 2.46. The van der Waals surface area contributed by atoms with Gasteiger partial charge < -0.3 is 14.2 Å². The average Bonchev–Trinajstić information content (AvgIpc) is 3.18. The zero-order valence-corrected chi connectivity index (χ0v) is 20.2. The number of rotatable bonds is 7. The van der Waals surface area contributed by atoms with Gasteiger partial charge in [-0.2, -0.15) is 0 Å². The minimum atomic E-state index is -1.52. The molecule has 2 aromatic rings. The highest BCUT2D eigenvalue weighted by Gasteiger charge is 2.54. The Hall–Kier alpha value is -2.74. The van der Waals surface area contributed by atoms with Gasteiger partial charge in [-0.1, -0.05) is 34.1 Å². The van der Waals surface area contributed by atoms with E-state index in [-0.39, 0.29) is 38.4 Å². The number of esters is 3. The third-order valence-corrected chi connectivity index (χ3v) is 6.21. The fraction of sp³-hybridized carbons (Fsp3) is 0.417. The number of hydrogen-bond acceptors (Lipinski definition) is 7. The molecule has 0 N–H and O–H groups in total. The molecule has 0 saturated heterocycles. The van der Waals surface area contributed by atoms with Gasteiger partial charge in [0.25, 0.3) is 0 Å². The molecule has 0 spiro atoms. The van der Waals surface area contributed by atoms with Crippen molar-refractivity contribution in [2.45, 2.75) is 40.5 Å². The molecule has 3 rings (SSSR count). The molecular weight excluding hydrogens is 478 g/mol. The number of fused-ring (bicyclic) bond motifs is 1. The molecule has 0 unspecified atom stereocenters. The summed E-state index contributed by atoms with van der Waals surface area (Å²) in [5.41, 5.74) is 1.91. The predicted octanol–water partition coefficient (Wildman–Crippen LogP) is 4.21. The second-order valence-electron chi connectivity index (χ2n) is 7.45. The van der Waals surface area contributed by atoms with Crippen LogP contribution in [0.2, 0.25) is 0 Å². The molecule has 1 aromatic carbocycles. The molecule has 0 saturated carbocycles. The van der Waals surface area contributed by atoms with Crippen molar-refractivity contribution in [2.24, 2.45) is 5.41 Å². The number of aromatic nitrogens is 1. The number of pyridine rings is 1. The Labute approximate surface area is 195 Å². The van der Waals surface area contributed by atoms with E-state index in [2.05, 4.69) is 20.9 Å². The van der Waals surface area contributed by atoms with Crippen LogP contribution < -0.4 is 0 Å². The Morgan fingerprint density at radius 1 is 0.938 bits per heavy atom. The maximum Gasteiger partial charge on any atom is 0.357 e. The fourth-order valence-corrected chi connectivity index (χ4v) is 4.59. The zero-order valence-electron chi connectivity index (χ0n) is 18.6. The van der Waals surface area contributed by atoms with Crippen LogP contribution in [0.1, 0.15) is 48.1 Å². The molecule has 32 heavy (non-hydrogen) atoms. The van der Waals surface area contributed by atoms with E-state index in [4.69, 9.17) is 14.2 Å². The maximum absolute atomic E-state index is 13.1. The van der Waals surface area contributed by atoms with Crippen LogP contribution in [-0.4, -0.2) is 42.7 Å². The van der Waals surface area contributed by atoms with Gasteiger partial charge in [0.15, 0.2) is 11.1 Å². The van der Waals surface area contributed by atoms with E-state index in [1.54, 1.807) is 27.7 Å². The first-order chi connectivity index (χ1) is 15.3. The lowest BCUT2D eigenvalue weighted by Crippen LogP contribution is -2.43.